The second-order valence-corrected chi connectivity index (χ2v) is 3.63. The fourth-order valence-corrected chi connectivity index (χ4v) is 1.73. The SMILES string of the molecule is COc1cc2ccc(C(N)=O)cc2cc1OC. The molecule has 2 aromatic rings. The number of benzene rings is 2. The number of nitrogens with two attached hydrogens (primary N) is 1. The minimum absolute atomic E-state index is 0.443. The maximum absolute atomic E-state index is 11.1. The van der Waals surface area contributed by atoms with Crippen LogP contribution in [-0.2, 0) is 0 Å². The van der Waals surface area contributed by atoms with Gasteiger partial charge >= 0.3 is 0 Å². The van der Waals surface area contributed by atoms with E-state index >= 15 is 0 Å². The number of methoxy groups -OCH3 is 2. The molecule has 1 amide bonds. The van der Waals surface area contributed by atoms with Crippen molar-refractivity contribution in [1.29, 1.82) is 0 Å². The van der Waals surface area contributed by atoms with Gasteiger partial charge in [-0.2, -0.15) is 0 Å². The molecule has 0 aliphatic carbocycles. The standard InChI is InChI=1S/C13H13NO3/c1-16-11-6-8-3-4-9(13(14)15)5-10(8)7-12(11)17-2/h3-7H,1-2H3,(H2,14,15). The fourth-order valence-electron chi connectivity index (χ4n) is 1.73. The van der Waals surface area contributed by atoms with Gasteiger partial charge in [-0.15, -0.1) is 0 Å². The Labute approximate surface area is 98.9 Å². The van der Waals surface area contributed by atoms with Gasteiger partial charge < -0.3 is 15.2 Å². The van der Waals surface area contributed by atoms with Crippen molar-refractivity contribution in [2.24, 2.45) is 5.73 Å². The van der Waals surface area contributed by atoms with Gasteiger partial charge in [0, 0.05) is 5.56 Å². The highest BCUT2D eigenvalue weighted by Gasteiger charge is 2.07. The third kappa shape index (κ3) is 2.01. The molecule has 0 atom stereocenters. The van der Waals surface area contributed by atoms with Crippen molar-refractivity contribution in [3.8, 4) is 11.5 Å². The van der Waals surface area contributed by atoms with E-state index in [0.717, 1.165) is 10.8 Å². The number of fused-ring (bicyclic) bond motifs is 1. The lowest BCUT2D eigenvalue weighted by atomic mass is 10.1. The normalized spacial score (nSPS) is 10.2. The molecule has 0 aromatic heterocycles. The summed E-state index contributed by atoms with van der Waals surface area (Å²) in [4.78, 5) is 11.1. The van der Waals surface area contributed by atoms with Crippen molar-refractivity contribution in [1.82, 2.24) is 0 Å². The Morgan fingerprint density at radius 1 is 1.00 bits per heavy atom. The zero-order chi connectivity index (χ0) is 12.4. The summed E-state index contributed by atoms with van der Waals surface area (Å²) in [6.07, 6.45) is 0. The Hall–Kier alpha value is -2.23. The minimum atomic E-state index is -0.443. The molecule has 17 heavy (non-hydrogen) atoms. The van der Waals surface area contributed by atoms with Crippen molar-refractivity contribution < 1.29 is 14.3 Å². The molecule has 4 heteroatoms. The number of rotatable bonds is 3. The molecule has 88 valence electrons. The smallest absolute Gasteiger partial charge is 0.248 e. The molecule has 0 aliphatic heterocycles. The summed E-state index contributed by atoms with van der Waals surface area (Å²) in [7, 11) is 3.16. The lowest BCUT2D eigenvalue weighted by molar-refractivity contribution is 0.100. The summed E-state index contributed by atoms with van der Waals surface area (Å²) in [6.45, 7) is 0. The minimum Gasteiger partial charge on any atom is -0.493 e. The van der Waals surface area contributed by atoms with Crippen LogP contribution in [0.1, 0.15) is 10.4 Å². The van der Waals surface area contributed by atoms with Crippen LogP contribution in [0.2, 0.25) is 0 Å². The zero-order valence-electron chi connectivity index (χ0n) is 9.69. The predicted octanol–water partition coefficient (Wildman–Crippen LogP) is 1.96. The molecular weight excluding hydrogens is 218 g/mol. The van der Waals surface area contributed by atoms with E-state index in [-0.39, 0.29) is 0 Å². The number of hydrogen-bond acceptors (Lipinski definition) is 3. The largest absolute Gasteiger partial charge is 0.493 e. The monoisotopic (exact) mass is 231 g/mol. The van der Waals surface area contributed by atoms with Crippen molar-refractivity contribution in [3.63, 3.8) is 0 Å². The van der Waals surface area contributed by atoms with Gasteiger partial charge in [0.1, 0.15) is 0 Å². The van der Waals surface area contributed by atoms with E-state index in [0.29, 0.717) is 17.1 Å². The highest BCUT2D eigenvalue weighted by molar-refractivity contribution is 5.98. The number of ether oxygens (including phenoxy) is 2. The quantitative estimate of drug-likeness (QED) is 0.878. The molecule has 2 aromatic carbocycles. The van der Waals surface area contributed by atoms with Gasteiger partial charge in [0.15, 0.2) is 11.5 Å². The molecule has 0 spiro atoms. The van der Waals surface area contributed by atoms with E-state index in [1.54, 1.807) is 26.4 Å². The molecular formula is C13H13NO3. The van der Waals surface area contributed by atoms with Crippen molar-refractivity contribution in [2.45, 2.75) is 0 Å². The first-order valence-electron chi connectivity index (χ1n) is 5.11. The maximum Gasteiger partial charge on any atom is 0.248 e. The van der Waals surface area contributed by atoms with Crippen LogP contribution in [0.5, 0.6) is 11.5 Å². The number of carbonyl (C=O) groups is 1. The molecule has 0 saturated carbocycles. The summed E-state index contributed by atoms with van der Waals surface area (Å²) in [5, 5.41) is 1.85. The number of carbonyl (C=O) groups excluding carboxylic acids is 1. The van der Waals surface area contributed by atoms with E-state index in [9.17, 15) is 4.79 Å². The molecule has 0 bridgehead atoms. The van der Waals surface area contributed by atoms with Crippen LogP contribution >= 0.6 is 0 Å². The summed E-state index contributed by atoms with van der Waals surface area (Å²) in [5.74, 6) is 0.843. The van der Waals surface area contributed by atoms with E-state index in [1.165, 1.54) is 0 Å². The van der Waals surface area contributed by atoms with Gasteiger partial charge in [-0.1, -0.05) is 6.07 Å². The predicted molar refractivity (Wildman–Crippen MR) is 65.6 cm³/mol. The molecule has 2 N–H and O–H groups in total. The van der Waals surface area contributed by atoms with Crippen molar-refractivity contribution in [2.75, 3.05) is 14.2 Å². The number of amides is 1. The fraction of sp³-hybridized carbons (Fsp3) is 0.154. The lowest BCUT2D eigenvalue weighted by Crippen LogP contribution is -2.10. The third-order valence-electron chi connectivity index (χ3n) is 2.63. The lowest BCUT2D eigenvalue weighted by Gasteiger charge is -2.09. The Bertz CT molecular complexity index is 578. The topological polar surface area (TPSA) is 61.5 Å². The maximum atomic E-state index is 11.1. The third-order valence-corrected chi connectivity index (χ3v) is 2.63. The second kappa shape index (κ2) is 4.33. The van der Waals surface area contributed by atoms with Crippen LogP contribution in [0.25, 0.3) is 10.8 Å². The van der Waals surface area contributed by atoms with Crippen LogP contribution in [0.15, 0.2) is 30.3 Å². The van der Waals surface area contributed by atoms with Gasteiger partial charge in [0.05, 0.1) is 14.2 Å². The summed E-state index contributed by atoms with van der Waals surface area (Å²) in [5.41, 5.74) is 5.71. The highest BCUT2D eigenvalue weighted by atomic mass is 16.5. The molecule has 0 unspecified atom stereocenters. The first-order valence-corrected chi connectivity index (χ1v) is 5.11. The summed E-state index contributed by atoms with van der Waals surface area (Å²) < 4.78 is 10.4. The molecule has 0 saturated heterocycles. The van der Waals surface area contributed by atoms with E-state index in [1.807, 2.05) is 18.2 Å². The van der Waals surface area contributed by atoms with Gasteiger partial charge in [-0.3, -0.25) is 4.79 Å². The second-order valence-electron chi connectivity index (χ2n) is 3.63. The Morgan fingerprint density at radius 2 is 1.59 bits per heavy atom. The van der Waals surface area contributed by atoms with Crippen LogP contribution < -0.4 is 15.2 Å². The first-order chi connectivity index (χ1) is 8.15. The molecule has 0 radical (unpaired) electrons. The van der Waals surface area contributed by atoms with Crippen LogP contribution in [0, 0.1) is 0 Å². The van der Waals surface area contributed by atoms with Gasteiger partial charge in [0.25, 0.3) is 0 Å². The van der Waals surface area contributed by atoms with Crippen LogP contribution in [0.3, 0.4) is 0 Å². The first kappa shape index (κ1) is 11.3. The molecule has 4 nitrogen and oxygen atoms in total. The molecule has 0 heterocycles. The van der Waals surface area contributed by atoms with E-state index in [4.69, 9.17) is 15.2 Å². The average Bonchev–Trinajstić information content (AvgIpc) is 2.36. The Morgan fingerprint density at radius 3 is 2.12 bits per heavy atom. The summed E-state index contributed by atoms with van der Waals surface area (Å²) >= 11 is 0. The molecule has 0 fully saturated rings. The number of hydrogen-bond donors (Lipinski definition) is 1. The number of primary amides is 1. The van der Waals surface area contributed by atoms with E-state index in [2.05, 4.69) is 0 Å². The van der Waals surface area contributed by atoms with Gasteiger partial charge in [0.2, 0.25) is 5.91 Å². The van der Waals surface area contributed by atoms with E-state index < -0.39 is 5.91 Å². The highest BCUT2D eigenvalue weighted by Crippen LogP contribution is 2.32. The van der Waals surface area contributed by atoms with Gasteiger partial charge in [-0.05, 0) is 35.0 Å². The Balaban J connectivity index is 2.66. The van der Waals surface area contributed by atoms with Crippen molar-refractivity contribution in [3.05, 3.63) is 35.9 Å². The zero-order valence-corrected chi connectivity index (χ0v) is 9.69. The van der Waals surface area contributed by atoms with Crippen molar-refractivity contribution >= 4 is 16.7 Å². The molecule has 2 rings (SSSR count). The van der Waals surface area contributed by atoms with Gasteiger partial charge in [-0.25, -0.2) is 0 Å². The average molecular weight is 231 g/mol. The van der Waals surface area contributed by atoms with Crippen LogP contribution in [-0.4, -0.2) is 20.1 Å². The Kier molecular flexibility index (Phi) is 2.87. The summed E-state index contributed by atoms with van der Waals surface area (Å²) in [6, 6.07) is 8.94. The molecule has 0 aliphatic rings. The van der Waals surface area contributed by atoms with Crippen LogP contribution in [0.4, 0.5) is 0 Å².